The van der Waals surface area contributed by atoms with Gasteiger partial charge >= 0.3 is 17.7 Å². The molecule has 0 radical (unpaired) electrons. The zero-order valence-electron chi connectivity index (χ0n) is 22.5. The molecule has 0 unspecified atom stereocenters. The van der Waals surface area contributed by atoms with Gasteiger partial charge in [-0.1, -0.05) is 0 Å². The van der Waals surface area contributed by atoms with Gasteiger partial charge in [-0.3, -0.25) is 4.90 Å². The fourth-order valence-corrected chi connectivity index (χ4v) is 31.1. The lowest BCUT2D eigenvalue weighted by molar-refractivity contribution is 0.0341. The van der Waals surface area contributed by atoms with E-state index in [9.17, 15) is 34.8 Å². The molecular formula is C20H40N2O11S3Si. The molecule has 1 aliphatic rings. The molecule has 37 heavy (non-hydrogen) atoms. The average molecular weight is 609 g/mol. The lowest BCUT2D eigenvalue weighted by Crippen LogP contribution is -2.58. The molecule has 2 atom stereocenters. The highest BCUT2D eigenvalue weighted by Gasteiger charge is 2.64. The second-order valence-electron chi connectivity index (χ2n) is 10.3. The smallest absolute Gasteiger partial charge is 0.450 e. The van der Waals surface area contributed by atoms with Crippen LogP contribution in [0.5, 0.6) is 0 Å². The number of carbonyl (C=O) groups excluding carboxylic acids is 2. The molecule has 13 nitrogen and oxygen atoms in total. The van der Waals surface area contributed by atoms with Crippen LogP contribution < -0.4 is 5.32 Å². The van der Waals surface area contributed by atoms with Gasteiger partial charge in [-0.25, -0.2) is 34.8 Å². The number of amides is 2. The van der Waals surface area contributed by atoms with Gasteiger partial charge in [-0.05, 0) is 52.4 Å². The number of carbonyl (C=O) groups is 2. The summed E-state index contributed by atoms with van der Waals surface area (Å²) in [6.45, 7) is 5.52. The van der Waals surface area contributed by atoms with Gasteiger partial charge in [0, 0.05) is 45.1 Å². The third-order valence-electron chi connectivity index (χ3n) is 5.87. The quantitative estimate of drug-likeness (QED) is 0.263. The molecule has 1 fully saturated rings. The first-order chi connectivity index (χ1) is 16.6. The summed E-state index contributed by atoms with van der Waals surface area (Å²) >= 11 is 0. The van der Waals surface area contributed by atoms with Crippen LogP contribution in [0, 0.1) is 5.92 Å². The predicted octanol–water partition coefficient (Wildman–Crippen LogP) is 1.19. The third kappa shape index (κ3) is 9.37. The second-order valence-corrected chi connectivity index (χ2v) is 32.1. The van der Waals surface area contributed by atoms with Crippen LogP contribution >= 0.6 is 0 Å². The van der Waals surface area contributed by atoms with E-state index in [-0.39, 0.29) is 5.92 Å². The SMILES string of the molecule is CN(C(=O)OCC[Si](S(C)(=O)=O)(S(C)(=O)=O)S(C)(=O)=O)[C@@H](CC[C@@H]1CCCOC1)NC(=O)OC(C)(C)C. The lowest BCUT2D eigenvalue weighted by atomic mass is 9.96. The first kappa shape index (κ1) is 33.6. The van der Waals surface area contributed by atoms with Gasteiger partial charge in [0.25, 0.3) is 0 Å². The standard InChI is InChI=1S/C20H40N2O11S3Si/c1-20(2,3)33-18(23)21-17(11-10-16-9-8-12-31-15-16)22(4)19(24)32-13-14-37(34(5,25)26,35(6,27)28)36(7,29)30/h16-17H,8-15H2,1-7H3,(H,21,23)/t16-,17-/m0/s1. The summed E-state index contributed by atoms with van der Waals surface area (Å²) in [5.74, 6) is 0.229. The Morgan fingerprint density at radius 2 is 1.59 bits per heavy atom. The van der Waals surface area contributed by atoms with Crippen LogP contribution in [0.4, 0.5) is 9.59 Å². The Kier molecular flexibility index (Phi) is 11.5. The maximum atomic E-state index is 12.8. The number of nitrogens with one attached hydrogen (secondary N) is 1. The third-order valence-corrected chi connectivity index (χ3v) is 38.4. The van der Waals surface area contributed by atoms with E-state index < -0.39 is 70.0 Å². The first-order valence-electron chi connectivity index (χ1n) is 11.7. The Balaban J connectivity index is 3.04. The van der Waals surface area contributed by atoms with Crippen LogP contribution in [0.3, 0.4) is 0 Å². The summed E-state index contributed by atoms with van der Waals surface area (Å²) < 4.78 is 90.4. The Morgan fingerprint density at radius 3 is 2.03 bits per heavy atom. The van der Waals surface area contributed by atoms with E-state index in [0.29, 0.717) is 44.8 Å². The van der Waals surface area contributed by atoms with E-state index in [0.717, 1.165) is 17.7 Å². The van der Waals surface area contributed by atoms with E-state index in [2.05, 4.69) is 5.32 Å². The van der Waals surface area contributed by atoms with Gasteiger partial charge in [0.2, 0.25) is 0 Å². The topological polar surface area (TPSA) is 180 Å². The van der Waals surface area contributed by atoms with Crippen LogP contribution in [0.1, 0.15) is 46.5 Å². The summed E-state index contributed by atoms with van der Waals surface area (Å²) in [7, 11) is -12.3. The Morgan fingerprint density at radius 1 is 1.05 bits per heavy atom. The van der Waals surface area contributed by atoms with E-state index in [1.165, 1.54) is 7.05 Å². The largest absolute Gasteiger partial charge is 0.455 e. The second kappa shape index (κ2) is 12.6. The Labute approximate surface area is 220 Å². The summed E-state index contributed by atoms with van der Waals surface area (Å²) in [4.78, 5) is 26.3. The van der Waals surface area contributed by atoms with Crippen molar-refractivity contribution in [3.8, 4) is 0 Å². The summed E-state index contributed by atoms with van der Waals surface area (Å²) in [6.07, 6.45) is 1.82. The van der Waals surface area contributed by atoms with E-state index in [1.54, 1.807) is 20.8 Å². The minimum Gasteiger partial charge on any atom is -0.450 e. The molecule has 0 aliphatic carbocycles. The highest BCUT2D eigenvalue weighted by Crippen LogP contribution is 2.29. The molecule has 1 heterocycles. The van der Waals surface area contributed by atoms with Gasteiger partial charge < -0.3 is 19.5 Å². The minimum atomic E-state index is -5.10. The van der Waals surface area contributed by atoms with Crippen LogP contribution in [0.25, 0.3) is 0 Å². The molecule has 0 spiro atoms. The summed E-state index contributed by atoms with van der Waals surface area (Å²) in [5, 5.41) is 2.62. The van der Waals surface area contributed by atoms with E-state index in [1.807, 2.05) is 0 Å². The van der Waals surface area contributed by atoms with Crippen LogP contribution in [0.15, 0.2) is 0 Å². The van der Waals surface area contributed by atoms with Crippen molar-refractivity contribution in [2.45, 2.75) is 64.3 Å². The van der Waals surface area contributed by atoms with Crippen LogP contribution in [-0.4, -0.2) is 105 Å². The minimum absolute atomic E-state index is 0.229. The van der Waals surface area contributed by atoms with Crippen molar-refractivity contribution in [3.05, 3.63) is 0 Å². The Hall–Kier alpha value is -1.43. The van der Waals surface area contributed by atoms with Crippen LogP contribution in [-0.2, 0) is 42.1 Å². The van der Waals surface area contributed by atoms with Crippen molar-refractivity contribution in [1.82, 2.24) is 10.2 Å². The van der Waals surface area contributed by atoms with E-state index in [4.69, 9.17) is 14.2 Å². The average Bonchev–Trinajstić information content (AvgIpc) is 2.70. The van der Waals surface area contributed by atoms with Crippen molar-refractivity contribution in [1.29, 1.82) is 0 Å². The normalized spacial score (nSPS) is 18.5. The zero-order valence-corrected chi connectivity index (χ0v) is 25.9. The highest BCUT2D eigenvalue weighted by atomic mass is 32.8. The number of hydrogen-bond acceptors (Lipinski definition) is 11. The molecule has 0 saturated carbocycles. The van der Waals surface area contributed by atoms with Gasteiger partial charge in [-0.15, -0.1) is 0 Å². The zero-order chi connectivity index (χ0) is 28.9. The molecule has 0 bridgehead atoms. The number of hydrogen-bond donors (Lipinski definition) is 1. The van der Waals surface area contributed by atoms with Gasteiger partial charge in [0.1, 0.15) is 11.8 Å². The molecule has 1 aliphatic heterocycles. The number of ether oxygens (including phenoxy) is 3. The number of alkyl carbamates (subject to hydrolysis) is 1. The van der Waals surface area contributed by atoms with Crippen molar-refractivity contribution >= 4 is 45.6 Å². The van der Waals surface area contributed by atoms with Crippen molar-refractivity contribution in [3.63, 3.8) is 0 Å². The molecule has 1 rings (SSSR count). The molecule has 0 aromatic heterocycles. The van der Waals surface area contributed by atoms with E-state index >= 15 is 0 Å². The fourth-order valence-electron chi connectivity index (χ4n) is 4.11. The van der Waals surface area contributed by atoms with Crippen molar-refractivity contribution < 1.29 is 49.1 Å². The van der Waals surface area contributed by atoms with Gasteiger partial charge in [0.05, 0.1) is 6.61 Å². The summed E-state index contributed by atoms with van der Waals surface area (Å²) in [5.41, 5.74) is -5.89. The maximum absolute atomic E-state index is 12.8. The lowest BCUT2D eigenvalue weighted by Gasteiger charge is -2.31. The summed E-state index contributed by atoms with van der Waals surface area (Å²) in [6, 6.07) is -0.882. The molecule has 2 amide bonds. The first-order valence-corrected chi connectivity index (χ1v) is 21.7. The molecule has 218 valence electrons. The molecule has 0 aromatic rings. The predicted molar refractivity (Wildman–Crippen MR) is 140 cm³/mol. The molecular weight excluding hydrogens is 569 g/mol. The Bertz CT molecular complexity index is 1050. The fraction of sp³-hybridized carbons (Fsp3) is 0.900. The van der Waals surface area contributed by atoms with Crippen LogP contribution in [0.2, 0.25) is 6.04 Å². The number of rotatable bonds is 11. The van der Waals surface area contributed by atoms with Gasteiger partial charge in [0.15, 0.2) is 27.9 Å². The monoisotopic (exact) mass is 608 g/mol. The maximum Gasteiger partial charge on any atom is 0.455 e. The molecule has 1 saturated heterocycles. The highest BCUT2D eigenvalue weighted by molar-refractivity contribution is 8.73. The molecule has 0 aromatic carbocycles. The molecule has 17 heteroatoms. The van der Waals surface area contributed by atoms with Crippen molar-refractivity contribution in [2.24, 2.45) is 5.92 Å². The number of nitrogens with zero attached hydrogens (tertiary/aromatic N) is 1. The van der Waals surface area contributed by atoms with Crippen molar-refractivity contribution in [2.75, 3.05) is 45.6 Å². The molecule has 1 N–H and O–H groups in total. The van der Waals surface area contributed by atoms with Gasteiger partial charge in [-0.2, -0.15) is 0 Å².